The van der Waals surface area contributed by atoms with E-state index in [1.54, 1.807) is 12.4 Å². The van der Waals surface area contributed by atoms with Crippen molar-refractivity contribution in [2.75, 3.05) is 17.2 Å². The zero-order valence-corrected chi connectivity index (χ0v) is 12.0. The Hall–Kier alpha value is -2.64. The fourth-order valence-corrected chi connectivity index (χ4v) is 2.15. The number of hydrogen-bond donors (Lipinski definition) is 3. The standard InChI is InChI=1S/C13H18N8/c1-3-14-13-18-11(10-7-15-20-12(10)19-13)17-9(2)8-21-6-4-5-16-21/h4-7,9H,3,8H2,1-2H3,(H3,14,15,17,18,19,20). The van der Waals surface area contributed by atoms with Gasteiger partial charge in [0.1, 0.15) is 5.82 Å². The fourth-order valence-electron chi connectivity index (χ4n) is 2.15. The highest BCUT2D eigenvalue weighted by molar-refractivity contribution is 5.87. The summed E-state index contributed by atoms with van der Waals surface area (Å²) in [6.07, 6.45) is 5.44. The monoisotopic (exact) mass is 286 g/mol. The summed E-state index contributed by atoms with van der Waals surface area (Å²) in [7, 11) is 0. The van der Waals surface area contributed by atoms with Gasteiger partial charge in [0.2, 0.25) is 5.95 Å². The molecule has 0 saturated heterocycles. The van der Waals surface area contributed by atoms with E-state index < -0.39 is 0 Å². The fraction of sp³-hybridized carbons (Fsp3) is 0.385. The lowest BCUT2D eigenvalue weighted by molar-refractivity contribution is 0.560. The molecule has 110 valence electrons. The first-order valence-corrected chi connectivity index (χ1v) is 6.95. The molecule has 3 rings (SSSR count). The minimum Gasteiger partial charge on any atom is -0.365 e. The highest BCUT2D eigenvalue weighted by atomic mass is 15.3. The van der Waals surface area contributed by atoms with E-state index in [2.05, 4.69) is 42.8 Å². The molecule has 1 unspecified atom stereocenters. The molecule has 0 radical (unpaired) electrons. The van der Waals surface area contributed by atoms with Crippen LogP contribution in [0.4, 0.5) is 11.8 Å². The summed E-state index contributed by atoms with van der Waals surface area (Å²) in [5, 5.41) is 18.5. The summed E-state index contributed by atoms with van der Waals surface area (Å²) in [5.41, 5.74) is 0.717. The van der Waals surface area contributed by atoms with E-state index in [1.807, 2.05) is 23.9 Å². The molecule has 3 heterocycles. The summed E-state index contributed by atoms with van der Waals surface area (Å²) in [5.74, 6) is 1.35. The molecule has 21 heavy (non-hydrogen) atoms. The average Bonchev–Trinajstić information content (AvgIpc) is 3.09. The van der Waals surface area contributed by atoms with Crippen LogP contribution in [0.2, 0.25) is 0 Å². The predicted molar refractivity (Wildman–Crippen MR) is 81.2 cm³/mol. The Morgan fingerprint density at radius 2 is 2.29 bits per heavy atom. The maximum Gasteiger partial charge on any atom is 0.226 e. The zero-order valence-electron chi connectivity index (χ0n) is 12.0. The average molecular weight is 286 g/mol. The number of anilines is 2. The smallest absolute Gasteiger partial charge is 0.226 e. The maximum atomic E-state index is 4.51. The minimum absolute atomic E-state index is 0.173. The largest absolute Gasteiger partial charge is 0.365 e. The van der Waals surface area contributed by atoms with E-state index in [9.17, 15) is 0 Å². The van der Waals surface area contributed by atoms with Crippen LogP contribution in [0, 0.1) is 0 Å². The molecule has 0 aliphatic rings. The molecule has 0 saturated carbocycles. The highest BCUT2D eigenvalue weighted by Crippen LogP contribution is 2.20. The SMILES string of the molecule is CCNc1nc(NC(C)Cn2cccn2)c2cn[nH]c2n1. The molecular formula is C13H18N8. The summed E-state index contributed by atoms with van der Waals surface area (Å²) in [6, 6.07) is 2.09. The van der Waals surface area contributed by atoms with Gasteiger partial charge >= 0.3 is 0 Å². The Morgan fingerprint density at radius 3 is 3.05 bits per heavy atom. The van der Waals surface area contributed by atoms with Gasteiger partial charge < -0.3 is 10.6 Å². The number of aromatic nitrogens is 6. The van der Waals surface area contributed by atoms with E-state index in [1.165, 1.54) is 0 Å². The molecule has 0 spiro atoms. The van der Waals surface area contributed by atoms with Gasteiger partial charge in [-0.2, -0.15) is 20.2 Å². The molecule has 0 amide bonds. The number of nitrogens with one attached hydrogen (secondary N) is 3. The minimum atomic E-state index is 0.173. The number of fused-ring (bicyclic) bond motifs is 1. The van der Waals surface area contributed by atoms with E-state index in [0.29, 0.717) is 5.95 Å². The lowest BCUT2D eigenvalue weighted by Crippen LogP contribution is -2.23. The normalized spacial score (nSPS) is 12.5. The highest BCUT2D eigenvalue weighted by Gasteiger charge is 2.12. The first kappa shape index (κ1) is 13.3. The molecule has 1 atom stereocenters. The van der Waals surface area contributed by atoms with Gasteiger partial charge in [-0.3, -0.25) is 9.78 Å². The Bertz CT molecular complexity index is 702. The van der Waals surface area contributed by atoms with Crippen LogP contribution in [-0.4, -0.2) is 42.5 Å². The molecule has 3 aromatic rings. The third-order valence-corrected chi connectivity index (χ3v) is 3.05. The van der Waals surface area contributed by atoms with Gasteiger partial charge in [-0.15, -0.1) is 0 Å². The second kappa shape index (κ2) is 5.78. The van der Waals surface area contributed by atoms with Crippen molar-refractivity contribution in [3.63, 3.8) is 0 Å². The van der Waals surface area contributed by atoms with Gasteiger partial charge in [0.15, 0.2) is 5.65 Å². The second-order valence-electron chi connectivity index (χ2n) is 4.83. The second-order valence-corrected chi connectivity index (χ2v) is 4.83. The number of rotatable bonds is 6. The van der Waals surface area contributed by atoms with E-state index in [0.717, 1.165) is 29.9 Å². The Kier molecular flexibility index (Phi) is 3.67. The predicted octanol–water partition coefficient (Wildman–Crippen LogP) is 1.48. The molecule has 3 N–H and O–H groups in total. The molecule has 3 aromatic heterocycles. The molecule has 0 aliphatic carbocycles. The summed E-state index contributed by atoms with van der Waals surface area (Å²) in [4.78, 5) is 8.88. The maximum absolute atomic E-state index is 4.51. The molecule has 8 nitrogen and oxygen atoms in total. The first-order chi connectivity index (χ1) is 10.3. The van der Waals surface area contributed by atoms with Crippen molar-refractivity contribution in [1.29, 1.82) is 0 Å². The van der Waals surface area contributed by atoms with Crippen LogP contribution >= 0.6 is 0 Å². The van der Waals surface area contributed by atoms with E-state index in [-0.39, 0.29) is 6.04 Å². The van der Waals surface area contributed by atoms with Crippen LogP contribution < -0.4 is 10.6 Å². The number of H-pyrrole nitrogens is 1. The Balaban J connectivity index is 1.83. The van der Waals surface area contributed by atoms with Crippen molar-refractivity contribution in [2.24, 2.45) is 0 Å². The van der Waals surface area contributed by atoms with Gasteiger partial charge in [0.05, 0.1) is 18.1 Å². The number of aromatic amines is 1. The van der Waals surface area contributed by atoms with Crippen LogP contribution in [-0.2, 0) is 6.54 Å². The topological polar surface area (TPSA) is 96.3 Å². The van der Waals surface area contributed by atoms with Crippen molar-refractivity contribution in [3.05, 3.63) is 24.7 Å². The quantitative estimate of drug-likeness (QED) is 0.635. The number of nitrogens with zero attached hydrogens (tertiary/aromatic N) is 5. The van der Waals surface area contributed by atoms with Crippen molar-refractivity contribution >= 4 is 22.8 Å². The molecule has 0 bridgehead atoms. The third-order valence-electron chi connectivity index (χ3n) is 3.05. The van der Waals surface area contributed by atoms with Crippen molar-refractivity contribution in [1.82, 2.24) is 29.9 Å². The molecular weight excluding hydrogens is 268 g/mol. The molecule has 0 aliphatic heterocycles. The van der Waals surface area contributed by atoms with Gasteiger partial charge in [-0.1, -0.05) is 0 Å². The van der Waals surface area contributed by atoms with Crippen LogP contribution in [0.1, 0.15) is 13.8 Å². The van der Waals surface area contributed by atoms with Crippen LogP contribution in [0.3, 0.4) is 0 Å². The van der Waals surface area contributed by atoms with Gasteiger partial charge in [0.25, 0.3) is 0 Å². The summed E-state index contributed by atoms with van der Waals surface area (Å²) >= 11 is 0. The van der Waals surface area contributed by atoms with Crippen LogP contribution in [0.15, 0.2) is 24.7 Å². The molecule has 8 heteroatoms. The lowest BCUT2D eigenvalue weighted by Gasteiger charge is -2.15. The molecule has 0 fully saturated rings. The van der Waals surface area contributed by atoms with E-state index in [4.69, 9.17) is 0 Å². The number of hydrogen-bond acceptors (Lipinski definition) is 6. The van der Waals surface area contributed by atoms with E-state index >= 15 is 0 Å². The third kappa shape index (κ3) is 2.93. The zero-order chi connectivity index (χ0) is 14.7. The van der Waals surface area contributed by atoms with Crippen LogP contribution in [0.5, 0.6) is 0 Å². The van der Waals surface area contributed by atoms with Gasteiger partial charge in [0, 0.05) is 25.0 Å². The van der Waals surface area contributed by atoms with Crippen molar-refractivity contribution in [3.8, 4) is 0 Å². The Morgan fingerprint density at radius 1 is 1.38 bits per heavy atom. The van der Waals surface area contributed by atoms with Crippen LogP contribution in [0.25, 0.3) is 11.0 Å². The summed E-state index contributed by atoms with van der Waals surface area (Å²) in [6.45, 7) is 5.62. The Labute approximate surface area is 122 Å². The van der Waals surface area contributed by atoms with Gasteiger partial charge in [-0.25, -0.2) is 0 Å². The lowest BCUT2D eigenvalue weighted by atomic mass is 10.3. The molecule has 0 aromatic carbocycles. The van der Waals surface area contributed by atoms with Gasteiger partial charge in [-0.05, 0) is 19.9 Å². The first-order valence-electron chi connectivity index (χ1n) is 6.95. The van der Waals surface area contributed by atoms with Crippen molar-refractivity contribution < 1.29 is 0 Å². The summed E-state index contributed by atoms with van der Waals surface area (Å²) < 4.78 is 1.89. The van der Waals surface area contributed by atoms with Crippen molar-refractivity contribution in [2.45, 2.75) is 26.4 Å².